The number of carbonyl (C=O) groups is 1. The molecule has 4 N–H and O–H groups in total. The number of halogens is 4. The number of amides is 1. The minimum Gasteiger partial charge on any atom is -0.384 e. The number of hydrogen-bond donors (Lipinski definition) is 3. The lowest BCUT2D eigenvalue weighted by molar-refractivity contribution is -0.142. The van der Waals surface area contributed by atoms with Crippen LogP contribution in [0.1, 0.15) is 6.42 Å². The predicted molar refractivity (Wildman–Crippen MR) is 72.7 cm³/mol. The molecule has 0 aliphatic heterocycles. The van der Waals surface area contributed by atoms with Crippen LogP contribution in [-0.4, -0.2) is 54.8 Å². The van der Waals surface area contributed by atoms with E-state index in [1.54, 1.807) is 0 Å². The topological polar surface area (TPSA) is 103 Å². The van der Waals surface area contributed by atoms with Crippen molar-refractivity contribution in [1.82, 2.24) is 4.90 Å². The molecule has 0 radical (unpaired) electrons. The van der Waals surface area contributed by atoms with Crippen LogP contribution in [0.5, 0.6) is 0 Å². The minimum atomic E-state index is -4.43. The average Bonchev–Trinajstić information content (AvgIpc) is 2.33. The number of nitrogens with one attached hydrogen (secondary N) is 2. The first-order chi connectivity index (χ1) is 9.62. The highest BCUT2D eigenvalue weighted by Gasteiger charge is 2.31. The Balaban J connectivity index is 5.34. The second-order valence-corrected chi connectivity index (χ2v) is 4.43. The maximum Gasteiger partial charge on any atom is 0.390 e. The monoisotopic (exact) mass is 328 g/mol. The van der Waals surface area contributed by atoms with Gasteiger partial charge in [-0.3, -0.25) is 15.6 Å². The molecule has 0 saturated heterocycles. The van der Waals surface area contributed by atoms with Gasteiger partial charge >= 0.3 is 6.18 Å². The third kappa shape index (κ3) is 7.66. The number of carbonyl (C=O) groups excluding carboxylic acids is 1. The summed E-state index contributed by atoms with van der Waals surface area (Å²) in [4.78, 5) is 11.8. The zero-order valence-electron chi connectivity index (χ0n) is 11.2. The van der Waals surface area contributed by atoms with Gasteiger partial charge < -0.3 is 15.4 Å². The van der Waals surface area contributed by atoms with Gasteiger partial charge in [0.2, 0.25) is 6.41 Å². The molecule has 0 aromatic rings. The van der Waals surface area contributed by atoms with E-state index in [1.807, 2.05) is 0 Å². The highest BCUT2D eigenvalue weighted by molar-refractivity contribution is 6.69. The maximum absolute atomic E-state index is 12.3. The molecule has 1 atom stereocenters. The predicted octanol–water partition coefficient (Wildman–Crippen LogP) is 1.49. The normalized spacial score (nSPS) is 13.7. The highest BCUT2D eigenvalue weighted by Crippen LogP contribution is 2.22. The van der Waals surface area contributed by atoms with E-state index in [-0.39, 0.29) is 18.6 Å². The molecule has 21 heavy (non-hydrogen) atoms. The largest absolute Gasteiger partial charge is 0.390 e. The van der Waals surface area contributed by atoms with Crippen LogP contribution in [0.4, 0.5) is 13.2 Å². The number of methoxy groups -OCH3 is 1. The lowest BCUT2D eigenvalue weighted by Gasteiger charge is -2.29. The molecule has 1 amide bonds. The van der Waals surface area contributed by atoms with Gasteiger partial charge in [0.1, 0.15) is 11.0 Å². The Labute approximate surface area is 124 Å². The van der Waals surface area contributed by atoms with Crippen LogP contribution in [-0.2, 0) is 9.53 Å². The van der Waals surface area contributed by atoms with Crippen molar-refractivity contribution in [3.8, 4) is 0 Å². The highest BCUT2D eigenvalue weighted by atomic mass is 35.5. The van der Waals surface area contributed by atoms with E-state index in [1.165, 1.54) is 7.11 Å². The summed E-state index contributed by atoms with van der Waals surface area (Å²) < 4.78 is 41.6. The van der Waals surface area contributed by atoms with Gasteiger partial charge in [-0.15, -0.1) is 0 Å². The summed E-state index contributed by atoms with van der Waals surface area (Å²) in [6.45, 7) is -0.814. The Kier molecular flexibility index (Phi) is 7.97. The summed E-state index contributed by atoms with van der Waals surface area (Å²) in [5.74, 6) is -0.446. The van der Waals surface area contributed by atoms with Crippen molar-refractivity contribution in [1.29, 1.82) is 10.8 Å². The van der Waals surface area contributed by atoms with E-state index in [9.17, 15) is 18.0 Å². The minimum absolute atomic E-state index is 0.0692. The molecule has 0 rings (SSSR count). The Bertz CT molecular complexity index is 426. The van der Waals surface area contributed by atoms with Crippen LogP contribution in [0.2, 0.25) is 0 Å². The SMILES string of the molecule is COC[C@H](/C(=C/C(=N)N)C(=N)Cl)N(C=O)CCC(F)(F)F. The smallest absolute Gasteiger partial charge is 0.384 e. The molecule has 0 fully saturated rings. The van der Waals surface area contributed by atoms with Crippen molar-refractivity contribution in [2.45, 2.75) is 18.6 Å². The van der Waals surface area contributed by atoms with E-state index in [4.69, 9.17) is 32.9 Å². The van der Waals surface area contributed by atoms with E-state index < -0.39 is 36.2 Å². The number of rotatable bonds is 9. The Morgan fingerprint density at radius 2 is 2.05 bits per heavy atom. The molecule has 0 aliphatic carbocycles. The fourth-order valence-electron chi connectivity index (χ4n) is 1.53. The van der Waals surface area contributed by atoms with Gasteiger partial charge in [-0.25, -0.2) is 0 Å². The number of alkyl halides is 3. The van der Waals surface area contributed by atoms with Crippen molar-refractivity contribution in [2.24, 2.45) is 5.73 Å². The third-order valence-corrected chi connectivity index (χ3v) is 2.66. The molecule has 0 bridgehead atoms. The molecule has 0 unspecified atom stereocenters. The lowest BCUT2D eigenvalue weighted by Crippen LogP contribution is -2.42. The standard InChI is InChI=1S/C11H16ClF3N4O2/c1-21-5-8(7(10(12)18)4-9(16)17)19(6-20)3-2-11(13,14)15/h4,6,8,18H,2-3,5H2,1H3,(H3,16,17)/b7-4-,18-10?/t8-/m1/s1. The summed E-state index contributed by atoms with van der Waals surface area (Å²) in [6, 6.07) is -1.04. The first kappa shape index (κ1) is 19.4. The van der Waals surface area contributed by atoms with Gasteiger partial charge in [0.25, 0.3) is 0 Å². The molecular formula is C11H16ClF3N4O2. The van der Waals surface area contributed by atoms with E-state index in [2.05, 4.69) is 0 Å². The zero-order chi connectivity index (χ0) is 16.6. The molecule has 10 heteroatoms. The molecule has 0 spiro atoms. The number of nitrogens with two attached hydrogens (primary N) is 1. The Hall–Kier alpha value is -1.61. The quantitative estimate of drug-likeness (QED) is 0.339. The van der Waals surface area contributed by atoms with Gasteiger partial charge in [-0.05, 0) is 6.08 Å². The summed E-state index contributed by atoms with van der Waals surface area (Å²) in [5, 5.41) is 14.0. The first-order valence-corrected chi connectivity index (χ1v) is 6.07. The fourth-order valence-corrected chi connectivity index (χ4v) is 1.71. The molecule has 120 valence electrons. The van der Waals surface area contributed by atoms with E-state index >= 15 is 0 Å². The number of amidine groups is 1. The van der Waals surface area contributed by atoms with E-state index in [0.717, 1.165) is 11.0 Å². The van der Waals surface area contributed by atoms with Crippen LogP contribution < -0.4 is 5.73 Å². The second kappa shape index (κ2) is 8.63. The van der Waals surface area contributed by atoms with Gasteiger partial charge in [0.05, 0.1) is 19.1 Å². The van der Waals surface area contributed by atoms with Crippen molar-refractivity contribution in [3.05, 3.63) is 11.6 Å². The summed E-state index contributed by atoms with van der Waals surface area (Å²) in [7, 11) is 1.28. The maximum atomic E-state index is 12.3. The Morgan fingerprint density at radius 1 is 1.48 bits per heavy atom. The molecule has 0 aromatic carbocycles. The average molecular weight is 329 g/mol. The van der Waals surface area contributed by atoms with Gasteiger partial charge in [-0.1, -0.05) is 11.6 Å². The molecule has 0 aromatic heterocycles. The zero-order valence-corrected chi connectivity index (χ0v) is 12.0. The second-order valence-electron chi connectivity index (χ2n) is 4.05. The van der Waals surface area contributed by atoms with Crippen molar-refractivity contribution < 1.29 is 22.7 Å². The number of nitrogens with zero attached hydrogens (tertiary/aromatic N) is 1. The van der Waals surface area contributed by atoms with Gasteiger partial charge in [0, 0.05) is 19.2 Å². The number of ether oxygens (including phenoxy) is 1. The summed E-state index contributed by atoms with van der Waals surface area (Å²) in [6.07, 6.45) is -4.43. The van der Waals surface area contributed by atoms with Crippen molar-refractivity contribution >= 4 is 29.0 Å². The number of hydrogen-bond acceptors (Lipinski definition) is 4. The van der Waals surface area contributed by atoms with Crippen LogP contribution in [0.3, 0.4) is 0 Å². The van der Waals surface area contributed by atoms with Gasteiger partial charge in [-0.2, -0.15) is 13.2 Å². The molecule has 0 saturated carbocycles. The Morgan fingerprint density at radius 3 is 2.38 bits per heavy atom. The summed E-state index contributed by atoms with van der Waals surface area (Å²) >= 11 is 5.55. The summed E-state index contributed by atoms with van der Waals surface area (Å²) in [5.41, 5.74) is 5.10. The van der Waals surface area contributed by atoms with Crippen molar-refractivity contribution in [3.63, 3.8) is 0 Å². The third-order valence-electron chi connectivity index (χ3n) is 2.44. The van der Waals surface area contributed by atoms with Crippen molar-refractivity contribution in [2.75, 3.05) is 20.3 Å². The van der Waals surface area contributed by atoms with Crippen LogP contribution in [0.25, 0.3) is 0 Å². The molecule has 0 aliphatic rings. The fraction of sp³-hybridized carbons (Fsp3) is 0.545. The van der Waals surface area contributed by atoms with E-state index in [0.29, 0.717) is 0 Å². The van der Waals surface area contributed by atoms with Crippen LogP contribution in [0.15, 0.2) is 11.6 Å². The molecule has 6 nitrogen and oxygen atoms in total. The first-order valence-electron chi connectivity index (χ1n) is 5.69. The lowest BCUT2D eigenvalue weighted by atomic mass is 10.1. The molecule has 0 heterocycles. The molecular weight excluding hydrogens is 313 g/mol. The van der Waals surface area contributed by atoms with Crippen LogP contribution in [0, 0.1) is 10.8 Å². The van der Waals surface area contributed by atoms with Crippen LogP contribution >= 0.6 is 11.6 Å². The van der Waals surface area contributed by atoms with Gasteiger partial charge in [0.15, 0.2) is 0 Å².